The van der Waals surface area contributed by atoms with Gasteiger partial charge in [0.1, 0.15) is 0 Å². The van der Waals surface area contributed by atoms with Crippen molar-refractivity contribution in [1.82, 2.24) is 9.88 Å². The van der Waals surface area contributed by atoms with Gasteiger partial charge >= 0.3 is 0 Å². The smallest absolute Gasteiger partial charge is 0.232 e. The van der Waals surface area contributed by atoms with E-state index in [0.29, 0.717) is 12.0 Å². The van der Waals surface area contributed by atoms with Crippen LogP contribution in [0.3, 0.4) is 0 Å². The number of rotatable bonds is 1. The molecule has 3 nitrogen and oxygen atoms in total. The second-order valence-corrected chi connectivity index (χ2v) is 5.70. The quantitative estimate of drug-likeness (QED) is 0.785. The third-order valence-corrected chi connectivity index (χ3v) is 4.57. The molecule has 1 saturated carbocycles. The molecule has 1 unspecified atom stereocenters. The summed E-state index contributed by atoms with van der Waals surface area (Å²) in [6.07, 6.45) is 6.71. The van der Waals surface area contributed by atoms with Gasteiger partial charge in [0.05, 0.1) is 11.6 Å². The number of aromatic nitrogens is 1. The standard InChI is InChI=1S/C15H20N2O.C2H6/c1-10-7-8-12(16-9-10)14-11-5-3-4-6-13(11)17(2)15(14)18;1-2/h7-9,11,13-14H,3-6H2,1-2H3;1-2H3/t11-,13+,14?;/m1./s1. The molecule has 0 N–H and O–H groups in total. The average molecular weight is 274 g/mol. The van der Waals surface area contributed by atoms with Crippen LogP contribution in [0.15, 0.2) is 18.3 Å². The third kappa shape index (κ3) is 2.58. The number of amides is 1. The molecule has 1 amide bonds. The minimum absolute atomic E-state index is 0.000833. The van der Waals surface area contributed by atoms with E-state index in [-0.39, 0.29) is 11.8 Å². The van der Waals surface area contributed by atoms with E-state index in [2.05, 4.69) is 11.1 Å². The fourth-order valence-corrected chi connectivity index (χ4v) is 3.58. The summed E-state index contributed by atoms with van der Waals surface area (Å²) >= 11 is 0. The van der Waals surface area contributed by atoms with Gasteiger partial charge in [0.15, 0.2) is 0 Å². The lowest BCUT2D eigenvalue weighted by atomic mass is 9.78. The van der Waals surface area contributed by atoms with E-state index in [9.17, 15) is 4.79 Å². The van der Waals surface area contributed by atoms with Crippen LogP contribution < -0.4 is 0 Å². The van der Waals surface area contributed by atoms with Gasteiger partial charge in [-0.25, -0.2) is 0 Å². The Hall–Kier alpha value is -1.38. The zero-order chi connectivity index (χ0) is 14.7. The molecule has 1 aromatic heterocycles. The van der Waals surface area contributed by atoms with Crippen molar-refractivity contribution < 1.29 is 4.79 Å². The molecule has 3 rings (SSSR count). The third-order valence-electron chi connectivity index (χ3n) is 4.57. The Balaban J connectivity index is 0.000000704. The maximum absolute atomic E-state index is 12.4. The highest BCUT2D eigenvalue weighted by atomic mass is 16.2. The zero-order valence-corrected chi connectivity index (χ0v) is 13.1. The number of aryl methyl sites for hydroxylation is 1. The molecule has 110 valence electrons. The van der Waals surface area contributed by atoms with E-state index in [1.807, 2.05) is 45.0 Å². The summed E-state index contributed by atoms with van der Waals surface area (Å²) in [6.45, 7) is 6.03. The zero-order valence-electron chi connectivity index (χ0n) is 13.1. The largest absolute Gasteiger partial charge is 0.342 e. The minimum atomic E-state index is 0.000833. The van der Waals surface area contributed by atoms with Crippen molar-refractivity contribution >= 4 is 5.91 Å². The van der Waals surface area contributed by atoms with Gasteiger partial charge in [-0.3, -0.25) is 9.78 Å². The number of carbonyl (C=O) groups excluding carboxylic acids is 1. The van der Waals surface area contributed by atoms with Crippen LogP contribution in [0.5, 0.6) is 0 Å². The fourth-order valence-electron chi connectivity index (χ4n) is 3.58. The number of hydrogen-bond acceptors (Lipinski definition) is 2. The van der Waals surface area contributed by atoms with E-state index in [4.69, 9.17) is 0 Å². The molecule has 1 aromatic rings. The van der Waals surface area contributed by atoms with Crippen LogP contribution in [0.25, 0.3) is 0 Å². The van der Waals surface area contributed by atoms with Crippen molar-refractivity contribution in [2.75, 3.05) is 7.05 Å². The molecule has 20 heavy (non-hydrogen) atoms. The molecule has 0 spiro atoms. The molecule has 2 aliphatic rings. The van der Waals surface area contributed by atoms with Crippen LogP contribution >= 0.6 is 0 Å². The monoisotopic (exact) mass is 274 g/mol. The molecule has 2 heterocycles. The average Bonchev–Trinajstić information content (AvgIpc) is 2.75. The van der Waals surface area contributed by atoms with Gasteiger partial charge in [-0.1, -0.05) is 32.8 Å². The summed E-state index contributed by atoms with van der Waals surface area (Å²) in [5.74, 6) is 0.746. The number of hydrogen-bond donors (Lipinski definition) is 0. The summed E-state index contributed by atoms with van der Waals surface area (Å²) in [6, 6.07) is 4.54. The lowest BCUT2D eigenvalue weighted by molar-refractivity contribution is -0.128. The maximum atomic E-state index is 12.4. The molecule has 1 aliphatic carbocycles. The minimum Gasteiger partial charge on any atom is -0.342 e. The first-order chi connectivity index (χ1) is 9.68. The van der Waals surface area contributed by atoms with Gasteiger partial charge < -0.3 is 4.90 Å². The second kappa shape index (κ2) is 6.38. The molecule has 0 bridgehead atoms. The molecule has 1 saturated heterocycles. The van der Waals surface area contributed by atoms with Crippen LogP contribution in [0.4, 0.5) is 0 Å². The van der Waals surface area contributed by atoms with Crippen molar-refractivity contribution in [2.45, 2.75) is 58.4 Å². The first kappa shape index (κ1) is 15.0. The predicted octanol–water partition coefficient (Wildman–Crippen LogP) is 3.53. The normalized spacial score (nSPS) is 28.7. The fraction of sp³-hybridized carbons (Fsp3) is 0.647. The number of nitrogens with zero attached hydrogens (tertiary/aromatic N) is 2. The van der Waals surface area contributed by atoms with Gasteiger partial charge in [-0.05, 0) is 37.3 Å². The molecule has 0 radical (unpaired) electrons. The Kier molecular flexibility index (Phi) is 4.79. The molecular weight excluding hydrogens is 248 g/mol. The number of likely N-dealkylation sites (N-methyl/N-ethyl adjacent to an activating group) is 1. The first-order valence-electron chi connectivity index (χ1n) is 7.87. The summed E-state index contributed by atoms with van der Waals surface area (Å²) < 4.78 is 0. The highest BCUT2D eigenvalue weighted by Gasteiger charge is 2.47. The van der Waals surface area contributed by atoms with Crippen LogP contribution in [-0.2, 0) is 4.79 Å². The lowest BCUT2D eigenvalue weighted by Gasteiger charge is -2.29. The summed E-state index contributed by atoms with van der Waals surface area (Å²) in [7, 11) is 1.96. The van der Waals surface area contributed by atoms with E-state index in [1.165, 1.54) is 19.3 Å². The summed E-state index contributed by atoms with van der Waals surface area (Å²) in [5.41, 5.74) is 2.12. The van der Waals surface area contributed by atoms with E-state index in [1.54, 1.807) is 0 Å². The number of pyridine rings is 1. The van der Waals surface area contributed by atoms with Gasteiger partial charge in [0.25, 0.3) is 0 Å². The summed E-state index contributed by atoms with van der Waals surface area (Å²) in [5, 5.41) is 0. The van der Waals surface area contributed by atoms with E-state index < -0.39 is 0 Å². The Bertz CT molecular complexity index is 455. The van der Waals surface area contributed by atoms with Crippen LogP contribution in [0, 0.1) is 12.8 Å². The predicted molar refractivity (Wildman–Crippen MR) is 81.6 cm³/mol. The first-order valence-corrected chi connectivity index (χ1v) is 7.87. The Morgan fingerprint density at radius 3 is 2.55 bits per heavy atom. The van der Waals surface area contributed by atoms with Gasteiger partial charge in [-0.2, -0.15) is 0 Å². The summed E-state index contributed by atoms with van der Waals surface area (Å²) in [4.78, 5) is 18.9. The highest BCUT2D eigenvalue weighted by molar-refractivity contribution is 5.86. The maximum Gasteiger partial charge on any atom is 0.232 e. The molecular formula is C17H26N2O. The topological polar surface area (TPSA) is 33.2 Å². The molecule has 2 fully saturated rings. The molecule has 3 heteroatoms. The van der Waals surface area contributed by atoms with E-state index >= 15 is 0 Å². The Labute approximate surface area is 122 Å². The van der Waals surface area contributed by atoms with Gasteiger partial charge in [0, 0.05) is 19.3 Å². The number of likely N-dealkylation sites (tertiary alicyclic amines) is 1. The lowest BCUT2D eigenvalue weighted by Crippen LogP contribution is -2.33. The molecule has 1 aliphatic heterocycles. The van der Waals surface area contributed by atoms with Gasteiger partial charge in [0.2, 0.25) is 5.91 Å². The molecule has 3 atom stereocenters. The van der Waals surface area contributed by atoms with Gasteiger partial charge in [-0.15, -0.1) is 0 Å². The SMILES string of the molecule is CC.Cc1ccc(C2C(=O)N(C)[C@H]3CCCC[C@@H]23)nc1. The van der Waals surface area contributed by atoms with Crippen molar-refractivity contribution in [3.8, 4) is 0 Å². The number of fused-ring (bicyclic) bond motifs is 1. The Morgan fingerprint density at radius 1 is 1.20 bits per heavy atom. The second-order valence-electron chi connectivity index (χ2n) is 5.70. The highest BCUT2D eigenvalue weighted by Crippen LogP contribution is 2.44. The van der Waals surface area contributed by atoms with Crippen molar-refractivity contribution in [1.29, 1.82) is 0 Å². The van der Waals surface area contributed by atoms with Crippen molar-refractivity contribution in [3.63, 3.8) is 0 Å². The van der Waals surface area contributed by atoms with Crippen LogP contribution in [0.2, 0.25) is 0 Å². The number of carbonyl (C=O) groups is 1. The Morgan fingerprint density at radius 2 is 1.90 bits per heavy atom. The van der Waals surface area contributed by atoms with E-state index in [0.717, 1.165) is 17.7 Å². The van der Waals surface area contributed by atoms with Crippen LogP contribution in [-0.4, -0.2) is 28.9 Å². The van der Waals surface area contributed by atoms with Crippen molar-refractivity contribution in [2.24, 2.45) is 5.92 Å². The van der Waals surface area contributed by atoms with Crippen LogP contribution in [0.1, 0.15) is 56.7 Å². The molecule has 0 aromatic carbocycles. The van der Waals surface area contributed by atoms with Crippen molar-refractivity contribution in [3.05, 3.63) is 29.6 Å².